The lowest BCUT2D eigenvalue weighted by atomic mass is 9.69. The Kier molecular flexibility index (Phi) is 12.8. The van der Waals surface area contributed by atoms with Crippen LogP contribution in [0.2, 0.25) is 0 Å². The largest absolute Gasteiger partial charge is 0.465 e. The molecule has 0 N–H and O–H groups in total. The number of fused-ring (bicyclic) bond motifs is 1. The van der Waals surface area contributed by atoms with E-state index in [1.807, 2.05) is 12.1 Å². The van der Waals surface area contributed by atoms with E-state index >= 15 is 0 Å². The van der Waals surface area contributed by atoms with Gasteiger partial charge in [0, 0.05) is 13.0 Å². The van der Waals surface area contributed by atoms with Crippen LogP contribution in [-0.2, 0) is 28.7 Å². The number of esters is 4. The summed E-state index contributed by atoms with van der Waals surface area (Å²) in [5, 5.41) is 18.8. The first-order valence-corrected chi connectivity index (χ1v) is 17.1. The predicted molar refractivity (Wildman–Crippen MR) is 166 cm³/mol. The molecule has 1 heterocycles. The van der Waals surface area contributed by atoms with Crippen molar-refractivity contribution in [3.63, 3.8) is 0 Å². The SMILES string of the molecule is C=CC(=O)OCCCCOC(=O)C1CCC(C2CCC(C(=O)Oc3ccc(OC(C)=O)c4c3SC(C(C#N)C#N)S4)CC2)CC1. The fraction of sp³-hybridized carbons (Fsp3) is 0.576. The van der Waals surface area contributed by atoms with Gasteiger partial charge in [-0.2, -0.15) is 10.5 Å². The quantitative estimate of drug-likeness (QED) is 0.106. The second-order valence-electron chi connectivity index (χ2n) is 11.5. The number of rotatable bonds is 12. The van der Waals surface area contributed by atoms with Crippen LogP contribution in [0, 0.1) is 52.3 Å². The third kappa shape index (κ3) is 9.27. The van der Waals surface area contributed by atoms with Crippen molar-refractivity contribution in [1.82, 2.24) is 0 Å². The topological polar surface area (TPSA) is 153 Å². The normalized spacial score (nSPS) is 24.0. The molecular formula is C33H38N2O8S2. The number of benzene rings is 1. The molecule has 1 aromatic carbocycles. The van der Waals surface area contributed by atoms with Gasteiger partial charge in [-0.3, -0.25) is 14.4 Å². The van der Waals surface area contributed by atoms with Gasteiger partial charge in [0.05, 0.1) is 51.6 Å². The first-order chi connectivity index (χ1) is 21.7. The van der Waals surface area contributed by atoms with E-state index in [4.69, 9.17) is 18.9 Å². The van der Waals surface area contributed by atoms with Crippen molar-refractivity contribution in [3.05, 3.63) is 24.8 Å². The summed E-state index contributed by atoms with van der Waals surface area (Å²) in [5.74, 6) is -0.862. The lowest BCUT2D eigenvalue weighted by Gasteiger charge is -2.36. The number of unbranched alkanes of at least 4 members (excludes halogenated alkanes) is 1. The van der Waals surface area contributed by atoms with E-state index in [0.717, 1.165) is 57.4 Å². The maximum Gasteiger partial charge on any atom is 0.330 e. The van der Waals surface area contributed by atoms with E-state index in [-0.39, 0.29) is 30.4 Å². The summed E-state index contributed by atoms with van der Waals surface area (Å²) in [7, 11) is 0. The molecule has 0 amide bonds. The zero-order valence-corrected chi connectivity index (χ0v) is 27.0. The van der Waals surface area contributed by atoms with Crippen LogP contribution >= 0.6 is 23.5 Å². The highest BCUT2D eigenvalue weighted by Gasteiger charge is 2.38. The molecule has 12 heteroatoms. The third-order valence-electron chi connectivity index (χ3n) is 8.59. The Balaban J connectivity index is 1.22. The van der Waals surface area contributed by atoms with Crippen LogP contribution in [0.3, 0.4) is 0 Å². The summed E-state index contributed by atoms with van der Waals surface area (Å²) in [5.41, 5.74) is 0. The molecule has 2 aliphatic carbocycles. The van der Waals surface area contributed by atoms with Gasteiger partial charge in [-0.05, 0) is 88.2 Å². The second-order valence-corrected chi connectivity index (χ2v) is 14.1. The molecule has 45 heavy (non-hydrogen) atoms. The van der Waals surface area contributed by atoms with Gasteiger partial charge in [0.25, 0.3) is 0 Å². The van der Waals surface area contributed by atoms with Gasteiger partial charge in [-0.15, -0.1) is 23.5 Å². The number of ether oxygens (including phenoxy) is 4. The standard InChI is InChI=1S/C33H38N2O8S2/c1-3-28(37)40-16-4-5-17-41-31(38)23-10-6-21(7-11-23)22-8-12-24(13-9-22)32(39)43-27-15-14-26(42-20(2)36)29-30(27)45-33(44-29)25(18-34)19-35/h3,14-15,21-25,33H,1,4-13,16-17H2,2H3. The van der Waals surface area contributed by atoms with Gasteiger partial charge >= 0.3 is 23.9 Å². The van der Waals surface area contributed by atoms with Gasteiger partial charge in [0.2, 0.25) is 0 Å². The van der Waals surface area contributed by atoms with E-state index in [0.29, 0.717) is 52.6 Å². The molecule has 2 fully saturated rings. The average molecular weight is 655 g/mol. The van der Waals surface area contributed by atoms with Crippen LogP contribution < -0.4 is 9.47 Å². The number of nitrogens with zero attached hydrogens (tertiary/aromatic N) is 2. The van der Waals surface area contributed by atoms with Gasteiger partial charge < -0.3 is 18.9 Å². The van der Waals surface area contributed by atoms with E-state index < -0.39 is 22.4 Å². The average Bonchev–Trinajstić information content (AvgIpc) is 3.50. The summed E-state index contributed by atoms with van der Waals surface area (Å²) in [4.78, 5) is 49.6. The highest BCUT2D eigenvalue weighted by molar-refractivity contribution is 8.19. The summed E-state index contributed by atoms with van der Waals surface area (Å²) in [6.45, 7) is 5.25. The van der Waals surface area contributed by atoms with Crippen molar-refractivity contribution >= 4 is 47.4 Å². The molecule has 1 aromatic rings. The van der Waals surface area contributed by atoms with Crippen LogP contribution in [0.25, 0.3) is 0 Å². The smallest absolute Gasteiger partial charge is 0.330 e. The molecule has 240 valence electrons. The Morgan fingerprint density at radius 2 is 1.31 bits per heavy atom. The van der Waals surface area contributed by atoms with Crippen molar-refractivity contribution < 1.29 is 38.1 Å². The number of carbonyl (C=O) groups excluding carboxylic acids is 4. The molecule has 0 aromatic heterocycles. The Morgan fingerprint density at radius 3 is 1.80 bits per heavy atom. The number of nitriles is 2. The predicted octanol–water partition coefficient (Wildman–Crippen LogP) is 6.37. The second kappa shape index (κ2) is 16.7. The molecule has 0 spiro atoms. The summed E-state index contributed by atoms with van der Waals surface area (Å²) < 4.78 is 21.2. The van der Waals surface area contributed by atoms with Gasteiger partial charge in [0.1, 0.15) is 11.5 Å². The Morgan fingerprint density at radius 1 is 0.822 bits per heavy atom. The molecule has 0 bridgehead atoms. The van der Waals surface area contributed by atoms with Crippen molar-refractivity contribution in [2.45, 2.75) is 85.5 Å². The minimum atomic E-state index is -0.885. The molecule has 0 saturated heterocycles. The highest BCUT2D eigenvalue weighted by atomic mass is 32.2. The minimum Gasteiger partial charge on any atom is -0.465 e. The zero-order chi connectivity index (χ0) is 32.3. The Bertz CT molecular complexity index is 1340. The van der Waals surface area contributed by atoms with Crippen LogP contribution in [0.5, 0.6) is 11.5 Å². The van der Waals surface area contributed by atoms with E-state index in [2.05, 4.69) is 6.58 Å². The summed E-state index contributed by atoms with van der Waals surface area (Å²) in [6.07, 6.45) is 9.28. The highest BCUT2D eigenvalue weighted by Crippen LogP contribution is 2.57. The van der Waals surface area contributed by atoms with Crippen molar-refractivity contribution in [2.24, 2.45) is 29.6 Å². The van der Waals surface area contributed by atoms with Crippen LogP contribution in [0.4, 0.5) is 0 Å². The lowest BCUT2D eigenvalue weighted by molar-refractivity contribution is -0.151. The molecular weight excluding hydrogens is 617 g/mol. The molecule has 10 nitrogen and oxygen atoms in total. The van der Waals surface area contributed by atoms with E-state index in [1.54, 1.807) is 12.1 Å². The molecule has 0 radical (unpaired) electrons. The summed E-state index contributed by atoms with van der Waals surface area (Å²) in [6, 6.07) is 7.19. The van der Waals surface area contributed by atoms with E-state index in [1.165, 1.54) is 30.4 Å². The Labute approximate surface area is 272 Å². The zero-order valence-electron chi connectivity index (χ0n) is 25.4. The van der Waals surface area contributed by atoms with Crippen molar-refractivity contribution in [1.29, 1.82) is 10.5 Å². The van der Waals surface area contributed by atoms with Gasteiger partial charge in [-0.25, -0.2) is 4.79 Å². The molecule has 1 aliphatic heterocycles. The fourth-order valence-electron chi connectivity index (χ4n) is 6.18. The first-order valence-electron chi connectivity index (χ1n) is 15.4. The number of carbonyl (C=O) groups is 4. The molecule has 2 saturated carbocycles. The molecule has 4 rings (SSSR count). The Hall–Kier alpha value is -3.48. The monoisotopic (exact) mass is 654 g/mol. The number of hydrogen-bond donors (Lipinski definition) is 0. The first kappa shape index (κ1) is 34.4. The third-order valence-corrected chi connectivity index (χ3v) is 11.6. The molecule has 1 unspecified atom stereocenters. The van der Waals surface area contributed by atoms with Crippen LogP contribution in [0.1, 0.15) is 71.1 Å². The minimum absolute atomic E-state index is 0.0765. The fourth-order valence-corrected chi connectivity index (χ4v) is 9.08. The van der Waals surface area contributed by atoms with Crippen LogP contribution in [-0.4, -0.2) is 41.7 Å². The maximum absolute atomic E-state index is 13.2. The number of thioether (sulfide) groups is 2. The lowest BCUT2D eigenvalue weighted by Crippen LogP contribution is -2.31. The van der Waals surface area contributed by atoms with E-state index in [9.17, 15) is 29.7 Å². The number of hydrogen-bond acceptors (Lipinski definition) is 12. The van der Waals surface area contributed by atoms with Crippen molar-refractivity contribution in [3.8, 4) is 23.6 Å². The van der Waals surface area contributed by atoms with Crippen molar-refractivity contribution in [2.75, 3.05) is 13.2 Å². The summed E-state index contributed by atoms with van der Waals surface area (Å²) >= 11 is 2.55. The molecule has 1 atom stereocenters. The molecule has 3 aliphatic rings. The van der Waals surface area contributed by atoms with Gasteiger partial charge in [0.15, 0.2) is 5.92 Å². The maximum atomic E-state index is 13.2. The van der Waals surface area contributed by atoms with Gasteiger partial charge in [-0.1, -0.05) is 6.58 Å². The van der Waals surface area contributed by atoms with Crippen LogP contribution in [0.15, 0.2) is 34.6 Å².